The van der Waals surface area contributed by atoms with Crippen LogP contribution in [0.5, 0.6) is 0 Å². The number of aromatic nitrogens is 3. The lowest BCUT2D eigenvalue weighted by molar-refractivity contribution is -0.118. The van der Waals surface area contributed by atoms with Crippen LogP contribution in [-0.4, -0.2) is 39.9 Å². The number of thiazole rings is 1. The minimum Gasteiger partial charge on any atom is -0.376 e. The molecule has 1 aliphatic rings. The van der Waals surface area contributed by atoms with Crippen molar-refractivity contribution in [1.82, 2.24) is 14.8 Å². The van der Waals surface area contributed by atoms with Crippen molar-refractivity contribution in [2.45, 2.75) is 39.2 Å². The zero-order chi connectivity index (χ0) is 22.1. The molecule has 3 heterocycles. The van der Waals surface area contributed by atoms with E-state index in [9.17, 15) is 4.79 Å². The second-order valence-corrected chi connectivity index (χ2v) is 9.19. The molecule has 1 fully saturated rings. The zero-order valence-corrected chi connectivity index (χ0v) is 19.1. The fourth-order valence-electron chi connectivity index (χ4n) is 4.25. The highest BCUT2D eigenvalue weighted by atomic mass is 32.1. The predicted molar refractivity (Wildman–Crippen MR) is 128 cm³/mol. The van der Waals surface area contributed by atoms with Crippen molar-refractivity contribution in [1.29, 1.82) is 0 Å². The van der Waals surface area contributed by atoms with Gasteiger partial charge in [0.2, 0.25) is 5.91 Å². The maximum atomic E-state index is 13.6. The van der Waals surface area contributed by atoms with E-state index in [1.807, 2.05) is 78.0 Å². The SMILES string of the molecule is Cc1nn(-c2ccccc2)c(C)c1CC(=O)N(CC1CCCO1)c1nc2ccccc2s1. The molecule has 1 amide bonds. The number of nitrogens with zero attached hydrogens (tertiary/aromatic N) is 4. The van der Waals surface area contributed by atoms with Crippen LogP contribution in [0.3, 0.4) is 0 Å². The fraction of sp³-hybridized carbons (Fsp3) is 0.320. The summed E-state index contributed by atoms with van der Waals surface area (Å²) < 4.78 is 8.85. The maximum Gasteiger partial charge on any atom is 0.233 e. The van der Waals surface area contributed by atoms with E-state index in [-0.39, 0.29) is 18.4 Å². The minimum atomic E-state index is 0.0263. The van der Waals surface area contributed by atoms with Crippen LogP contribution < -0.4 is 4.90 Å². The molecule has 1 atom stereocenters. The monoisotopic (exact) mass is 446 g/mol. The van der Waals surface area contributed by atoms with Gasteiger partial charge in [0, 0.05) is 17.9 Å². The molecule has 2 aromatic carbocycles. The Labute approximate surface area is 191 Å². The molecule has 0 saturated carbocycles. The lowest BCUT2D eigenvalue weighted by atomic mass is 10.1. The van der Waals surface area contributed by atoms with Crippen LogP contribution in [0.2, 0.25) is 0 Å². The molecule has 1 saturated heterocycles. The summed E-state index contributed by atoms with van der Waals surface area (Å²) in [5, 5.41) is 5.45. The average Bonchev–Trinajstić information content (AvgIpc) is 3.53. The third-order valence-corrected chi connectivity index (χ3v) is 7.05. The highest BCUT2D eigenvalue weighted by Gasteiger charge is 2.27. The molecular formula is C25H26N4O2S. The van der Waals surface area contributed by atoms with E-state index in [1.165, 1.54) is 0 Å². The molecule has 164 valence electrons. The molecule has 0 aliphatic carbocycles. The maximum absolute atomic E-state index is 13.6. The normalized spacial score (nSPS) is 16.0. The largest absolute Gasteiger partial charge is 0.376 e. The third kappa shape index (κ3) is 4.06. The molecule has 0 bridgehead atoms. The van der Waals surface area contributed by atoms with Gasteiger partial charge in [0.15, 0.2) is 5.13 Å². The van der Waals surface area contributed by atoms with E-state index in [0.717, 1.165) is 57.4 Å². The third-order valence-electron chi connectivity index (χ3n) is 5.99. The smallest absolute Gasteiger partial charge is 0.233 e. The number of ether oxygens (including phenoxy) is 1. The molecule has 4 aromatic rings. The van der Waals surface area contributed by atoms with Crippen molar-refractivity contribution in [2.75, 3.05) is 18.1 Å². The van der Waals surface area contributed by atoms with Gasteiger partial charge in [-0.2, -0.15) is 5.10 Å². The summed E-state index contributed by atoms with van der Waals surface area (Å²) in [5.74, 6) is 0.0263. The number of carbonyl (C=O) groups is 1. The van der Waals surface area contributed by atoms with E-state index >= 15 is 0 Å². The van der Waals surface area contributed by atoms with Gasteiger partial charge in [-0.25, -0.2) is 9.67 Å². The average molecular weight is 447 g/mol. The van der Waals surface area contributed by atoms with E-state index in [1.54, 1.807) is 11.3 Å². The van der Waals surface area contributed by atoms with Crippen LogP contribution >= 0.6 is 11.3 Å². The van der Waals surface area contributed by atoms with Crippen LogP contribution in [0.4, 0.5) is 5.13 Å². The Morgan fingerprint density at radius 3 is 2.69 bits per heavy atom. The molecule has 32 heavy (non-hydrogen) atoms. The zero-order valence-electron chi connectivity index (χ0n) is 18.3. The number of fused-ring (bicyclic) bond motifs is 1. The van der Waals surface area contributed by atoms with Crippen molar-refractivity contribution >= 4 is 32.6 Å². The number of rotatable bonds is 6. The Bertz CT molecular complexity index is 1210. The number of carbonyl (C=O) groups excluding carboxylic acids is 1. The van der Waals surface area contributed by atoms with Crippen molar-refractivity contribution in [3.05, 3.63) is 71.5 Å². The summed E-state index contributed by atoms with van der Waals surface area (Å²) in [6.07, 6.45) is 2.35. The first-order chi connectivity index (χ1) is 15.6. The summed E-state index contributed by atoms with van der Waals surface area (Å²) in [6, 6.07) is 18.0. The summed E-state index contributed by atoms with van der Waals surface area (Å²) in [5.41, 5.74) is 4.75. The van der Waals surface area contributed by atoms with E-state index in [0.29, 0.717) is 6.54 Å². The molecule has 0 N–H and O–H groups in total. The summed E-state index contributed by atoms with van der Waals surface area (Å²) in [4.78, 5) is 20.2. The highest BCUT2D eigenvalue weighted by molar-refractivity contribution is 7.22. The first-order valence-corrected chi connectivity index (χ1v) is 11.8. The molecule has 5 rings (SSSR count). The van der Waals surface area contributed by atoms with Crippen molar-refractivity contribution < 1.29 is 9.53 Å². The van der Waals surface area contributed by atoms with Crippen molar-refractivity contribution in [2.24, 2.45) is 0 Å². The minimum absolute atomic E-state index is 0.0263. The molecular weight excluding hydrogens is 420 g/mol. The number of anilines is 1. The molecule has 7 heteroatoms. The Hall–Kier alpha value is -3.03. The number of hydrogen-bond donors (Lipinski definition) is 0. The van der Waals surface area contributed by atoms with Gasteiger partial charge in [-0.15, -0.1) is 0 Å². The lowest BCUT2D eigenvalue weighted by Gasteiger charge is -2.23. The molecule has 1 aliphatic heterocycles. The van der Waals surface area contributed by atoms with Crippen LogP contribution in [0.15, 0.2) is 54.6 Å². The van der Waals surface area contributed by atoms with E-state index in [4.69, 9.17) is 14.8 Å². The molecule has 2 aromatic heterocycles. The Morgan fingerprint density at radius 2 is 1.94 bits per heavy atom. The van der Waals surface area contributed by atoms with Crippen molar-refractivity contribution in [3.63, 3.8) is 0 Å². The van der Waals surface area contributed by atoms with Gasteiger partial charge in [0.05, 0.1) is 40.7 Å². The van der Waals surface area contributed by atoms with Gasteiger partial charge in [-0.3, -0.25) is 9.69 Å². The molecule has 6 nitrogen and oxygen atoms in total. The number of para-hydroxylation sites is 2. The lowest BCUT2D eigenvalue weighted by Crippen LogP contribution is -2.38. The summed E-state index contributed by atoms with van der Waals surface area (Å²) >= 11 is 1.56. The summed E-state index contributed by atoms with van der Waals surface area (Å²) in [7, 11) is 0. The Morgan fingerprint density at radius 1 is 1.16 bits per heavy atom. The van der Waals surface area contributed by atoms with Crippen LogP contribution in [-0.2, 0) is 16.0 Å². The standard InChI is InChI=1S/C25H26N4O2S/c1-17-21(18(2)29(27-17)19-9-4-3-5-10-19)15-24(30)28(16-20-11-8-14-31-20)25-26-22-12-6-7-13-23(22)32-25/h3-7,9-10,12-13,20H,8,11,14-16H2,1-2H3. The molecule has 0 radical (unpaired) electrons. The Kier molecular flexibility index (Phi) is 5.76. The number of hydrogen-bond acceptors (Lipinski definition) is 5. The molecule has 0 spiro atoms. The number of benzene rings is 2. The first-order valence-electron chi connectivity index (χ1n) is 11.0. The van der Waals surface area contributed by atoms with Gasteiger partial charge in [-0.05, 0) is 51.0 Å². The number of amides is 1. The highest BCUT2D eigenvalue weighted by Crippen LogP contribution is 2.30. The summed E-state index contributed by atoms with van der Waals surface area (Å²) in [6.45, 7) is 5.28. The van der Waals surface area contributed by atoms with E-state index < -0.39 is 0 Å². The fourth-order valence-corrected chi connectivity index (χ4v) is 5.24. The van der Waals surface area contributed by atoms with Gasteiger partial charge in [-0.1, -0.05) is 41.7 Å². The van der Waals surface area contributed by atoms with Gasteiger partial charge in [0.1, 0.15) is 0 Å². The molecule has 1 unspecified atom stereocenters. The predicted octanol–water partition coefficient (Wildman–Crippen LogP) is 4.85. The van der Waals surface area contributed by atoms with Crippen LogP contribution in [0, 0.1) is 13.8 Å². The van der Waals surface area contributed by atoms with Gasteiger partial charge >= 0.3 is 0 Å². The van der Waals surface area contributed by atoms with Gasteiger partial charge in [0.25, 0.3) is 0 Å². The second kappa shape index (κ2) is 8.84. The number of aryl methyl sites for hydroxylation is 1. The topological polar surface area (TPSA) is 60.2 Å². The quantitative estimate of drug-likeness (QED) is 0.425. The van der Waals surface area contributed by atoms with Crippen LogP contribution in [0.1, 0.15) is 29.8 Å². The second-order valence-electron chi connectivity index (χ2n) is 8.18. The Balaban J connectivity index is 1.46. The van der Waals surface area contributed by atoms with Gasteiger partial charge < -0.3 is 4.74 Å². The van der Waals surface area contributed by atoms with Crippen LogP contribution in [0.25, 0.3) is 15.9 Å². The van der Waals surface area contributed by atoms with E-state index in [2.05, 4.69) is 0 Å². The van der Waals surface area contributed by atoms with Crippen molar-refractivity contribution in [3.8, 4) is 5.69 Å². The first kappa shape index (κ1) is 20.8.